The van der Waals surface area contributed by atoms with E-state index in [0.29, 0.717) is 35.3 Å². The summed E-state index contributed by atoms with van der Waals surface area (Å²) < 4.78 is 15.7. The molecule has 178 valence electrons. The molecule has 0 amide bonds. The molecule has 0 radical (unpaired) electrons. The standard InChI is InChI=1S/C28H30O6/c1-18(2)26(29)32-15-13-22-7-8-23(17-24(22)14-16-33-27(30)19(3)4)21-9-11-25(12-10-21)34-28(31)20(5)6/h7-12,17H,1,3,5,13-16H2,2,4,6H3. The smallest absolute Gasteiger partial charge is 0.338 e. The largest absolute Gasteiger partial charge is 0.462 e. The van der Waals surface area contributed by atoms with E-state index in [1.54, 1.807) is 32.9 Å². The lowest BCUT2D eigenvalue weighted by Crippen LogP contribution is -2.11. The fourth-order valence-electron chi connectivity index (χ4n) is 2.95. The van der Waals surface area contributed by atoms with Crippen LogP contribution < -0.4 is 4.74 Å². The molecular formula is C28H30O6. The van der Waals surface area contributed by atoms with Crippen molar-refractivity contribution in [2.45, 2.75) is 33.6 Å². The normalized spacial score (nSPS) is 10.2. The first-order valence-corrected chi connectivity index (χ1v) is 10.8. The third-order valence-corrected chi connectivity index (χ3v) is 4.86. The highest BCUT2D eigenvalue weighted by Crippen LogP contribution is 2.26. The Morgan fingerprint density at radius 1 is 0.647 bits per heavy atom. The Balaban J connectivity index is 2.20. The molecule has 0 aromatic heterocycles. The molecule has 0 fully saturated rings. The molecule has 0 N–H and O–H groups in total. The third kappa shape index (κ3) is 7.89. The molecule has 0 atom stereocenters. The summed E-state index contributed by atoms with van der Waals surface area (Å²) in [7, 11) is 0. The summed E-state index contributed by atoms with van der Waals surface area (Å²) in [6, 6.07) is 13.1. The molecule has 6 nitrogen and oxygen atoms in total. The van der Waals surface area contributed by atoms with Crippen molar-refractivity contribution in [3.05, 3.63) is 90.0 Å². The Labute approximate surface area is 200 Å². The molecule has 0 spiro atoms. The van der Waals surface area contributed by atoms with E-state index in [4.69, 9.17) is 14.2 Å². The lowest BCUT2D eigenvalue weighted by molar-refractivity contribution is -0.139. The van der Waals surface area contributed by atoms with Crippen molar-refractivity contribution in [1.82, 2.24) is 0 Å². The summed E-state index contributed by atoms with van der Waals surface area (Å²) >= 11 is 0. The van der Waals surface area contributed by atoms with Gasteiger partial charge in [-0.3, -0.25) is 0 Å². The Hall–Kier alpha value is -3.93. The van der Waals surface area contributed by atoms with Gasteiger partial charge in [0, 0.05) is 29.6 Å². The zero-order chi connectivity index (χ0) is 25.3. The molecule has 0 aliphatic rings. The fourth-order valence-corrected chi connectivity index (χ4v) is 2.95. The minimum absolute atomic E-state index is 0.198. The minimum Gasteiger partial charge on any atom is -0.462 e. The van der Waals surface area contributed by atoms with Gasteiger partial charge in [-0.25, -0.2) is 14.4 Å². The summed E-state index contributed by atoms with van der Waals surface area (Å²) in [5.74, 6) is -0.912. The number of esters is 3. The number of carbonyl (C=O) groups is 3. The molecule has 0 heterocycles. The van der Waals surface area contributed by atoms with Gasteiger partial charge in [0.1, 0.15) is 5.75 Å². The average molecular weight is 463 g/mol. The van der Waals surface area contributed by atoms with Crippen LogP contribution in [0, 0.1) is 0 Å². The van der Waals surface area contributed by atoms with E-state index >= 15 is 0 Å². The van der Waals surface area contributed by atoms with E-state index in [9.17, 15) is 14.4 Å². The Kier molecular flexibility index (Phi) is 9.56. The predicted octanol–water partition coefficient (Wildman–Crippen LogP) is 5.16. The Bertz CT molecular complexity index is 1110. The summed E-state index contributed by atoms with van der Waals surface area (Å²) in [6.07, 6.45) is 1.00. The van der Waals surface area contributed by atoms with Crippen LogP contribution in [0.2, 0.25) is 0 Å². The molecule has 2 aromatic carbocycles. The van der Waals surface area contributed by atoms with Crippen molar-refractivity contribution < 1.29 is 28.6 Å². The molecule has 0 aliphatic carbocycles. The highest BCUT2D eigenvalue weighted by Gasteiger charge is 2.11. The lowest BCUT2D eigenvalue weighted by Gasteiger charge is -2.14. The molecule has 0 aliphatic heterocycles. The zero-order valence-electron chi connectivity index (χ0n) is 19.9. The van der Waals surface area contributed by atoms with Crippen LogP contribution in [-0.4, -0.2) is 31.1 Å². The molecule has 0 saturated heterocycles. The third-order valence-electron chi connectivity index (χ3n) is 4.86. The van der Waals surface area contributed by atoms with Gasteiger partial charge in [0.2, 0.25) is 0 Å². The van der Waals surface area contributed by atoms with E-state index in [2.05, 4.69) is 19.7 Å². The second-order valence-electron chi connectivity index (χ2n) is 8.01. The van der Waals surface area contributed by atoms with Gasteiger partial charge in [-0.15, -0.1) is 0 Å². The topological polar surface area (TPSA) is 78.9 Å². The molecule has 0 bridgehead atoms. The first-order valence-electron chi connectivity index (χ1n) is 10.8. The molecule has 2 rings (SSSR count). The van der Waals surface area contributed by atoms with Crippen LogP contribution in [0.5, 0.6) is 5.75 Å². The Morgan fingerprint density at radius 3 is 1.62 bits per heavy atom. The van der Waals surface area contributed by atoms with Crippen LogP contribution in [-0.2, 0) is 36.7 Å². The van der Waals surface area contributed by atoms with Crippen LogP contribution >= 0.6 is 0 Å². The van der Waals surface area contributed by atoms with Crippen LogP contribution in [0.25, 0.3) is 11.1 Å². The van der Waals surface area contributed by atoms with E-state index in [-0.39, 0.29) is 13.2 Å². The van der Waals surface area contributed by atoms with Gasteiger partial charge >= 0.3 is 17.9 Å². The summed E-state index contributed by atoms with van der Waals surface area (Å²) in [5, 5.41) is 0. The zero-order valence-corrected chi connectivity index (χ0v) is 19.9. The van der Waals surface area contributed by atoms with Crippen molar-refractivity contribution in [2.75, 3.05) is 13.2 Å². The maximum atomic E-state index is 11.7. The highest BCUT2D eigenvalue weighted by molar-refractivity contribution is 5.89. The summed E-state index contributed by atoms with van der Waals surface area (Å²) in [5.41, 5.74) is 4.84. The highest BCUT2D eigenvalue weighted by atomic mass is 16.5. The number of hydrogen-bond donors (Lipinski definition) is 0. The van der Waals surface area contributed by atoms with E-state index in [1.807, 2.05) is 30.3 Å². The first kappa shape index (κ1) is 26.3. The second kappa shape index (κ2) is 12.3. The number of benzene rings is 2. The van der Waals surface area contributed by atoms with Crippen molar-refractivity contribution in [3.63, 3.8) is 0 Å². The van der Waals surface area contributed by atoms with Gasteiger partial charge in [-0.05, 0) is 55.2 Å². The predicted molar refractivity (Wildman–Crippen MR) is 131 cm³/mol. The minimum atomic E-state index is -0.476. The molecule has 0 saturated carbocycles. The van der Waals surface area contributed by atoms with Crippen molar-refractivity contribution in [2.24, 2.45) is 0 Å². The first-order chi connectivity index (χ1) is 16.1. The van der Waals surface area contributed by atoms with Crippen LogP contribution in [0.1, 0.15) is 31.9 Å². The fraction of sp³-hybridized carbons (Fsp3) is 0.250. The monoisotopic (exact) mass is 462 g/mol. The van der Waals surface area contributed by atoms with Crippen LogP contribution in [0.3, 0.4) is 0 Å². The molecule has 0 unspecified atom stereocenters. The number of ether oxygens (including phenoxy) is 3. The number of hydrogen-bond acceptors (Lipinski definition) is 6. The van der Waals surface area contributed by atoms with Gasteiger partial charge in [0.05, 0.1) is 13.2 Å². The quantitative estimate of drug-likeness (QED) is 0.261. The van der Waals surface area contributed by atoms with Gasteiger partial charge in [-0.1, -0.05) is 50.1 Å². The van der Waals surface area contributed by atoms with Crippen LogP contribution in [0.4, 0.5) is 0 Å². The average Bonchev–Trinajstić information content (AvgIpc) is 2.79. The van der Waals surface area contributed by atoms with E-state index in [1.165, 1.54) is 0 Å². The maximum absolute atomic E-state index is 11.7. The molecule has 6 heteroatoms. The van der Waals surface area contributed by atoms with Crippen molar-refractivity contribution in [1.29, 1.82) is 0 Å². The van der Waals surface area contributed by atoms with E-state index in [0.717, 1.165) is 22.3 Å². The van der Waals surface area contributed by atoms with Crippen LogP contribution in [0.15, 0.2) is 78.9 Å². The van der Waals surface area contributed by atoms with Gasteiger partial charge in [0.25, 0.3) is 0 Å². The molecular weight excluding hydrogens is 432 g/mol. The van der Waals surface area contributed by atoms with E-state index < -0.39 is 17.9 Å². The molecule has 34 heavy (non-hydrogen) atoms. The second-order valence-corrected chi connectivity index (χ2v) is 8.01. The van der Waals surface area contributed by atoms with Gasteiger partial charge < -0.3 is 14.2 Å². The maximum Gasteiger partial charge on any atom is 0.338 e. The number of rotatable bonds is 11. The number of carbonyl (C=O) groups excluding carboxylic acids is 3. The summed E-state index contributed by atoms with van der Waals surface area (Å²) in [6.45, 7) is 16.0. The van der Waals surface area contributed by atoms with Gasteiger partial charge in [0.15, 0.2) is 0 Å². The SMILES string of the molecule is C=C(C)C(=O)OCCc1ccc(-c2ccc(OC(=O)C(=C)C)cc2)cc1CCOC(=O)C(=C)C. The van der Waals surface area contributed by atoms with Crippen molar-refractivity contribution >= 4 is 17.9 Å². The summed E-state index contributed by atoms with van der Waals surface area (Å²) in [4.78, 5) is 35.1. The Morgan fingerprint density at radius 2 is 1.12 bits per heavy atom. The van der Waals surface area contributed by atoms with Gasteiger partial charge in [-0.2, -0.15) is 0 Å². The van der Waals surface area contributed by atoms with Crippen molar-refractivity contribution in [3.8, 4) is 16.9 Å². The molecule has 2 aromatic rings. The lowest BCUT2D eigenvalue weighted by atomic mass is 9.96.